The summed E-state index contributed by atoms with van der Waals surface area (Å²) in [5.41, 5.74) is 11.3. The average molecular weight is 757 g/mol. The molecule has 0 fully saturated rings. The van der Waals surface area contributed by atoms with Crippen LogP contribution in [0.2, 0.25) is 0 Å². The fourth-order valence-electron chi connectivity index (χ4n) is 9.84. The van der Waals surface area contributed by atoms with Crippen LogP contribution < -0.4 is 0 Å². The minimum atomic E-state index is -0.661. The molecule has 12 rings (SSSR count). The minimum Gasteiger partial charge on any atom is -0.309 e. The van der Waals surface area contributed by atoms with E-state index < -0.39 is 5.41 Å². The summed E-state index contributed by atoms with van der Waals surface area (Å²) in [6.45, 7) is 0. The zero-order valence-corrected chi connectivity index (χ0v) is 32.4. The summed E-state index contributed by atoms with van der Waals surface area (Å²) in [5, 5.41) is 7.67. The van der Waals surface area contributed by atoms with E-state index in [2.05, 4.69) is 228 Å². The summed E-state index contributed by atoms with van der Waals surface area (Å²) in [7, 11) is 0. The van der Waals surface area contributed by atoms with Crippen LogP contribution in [-0.4, -0.2) is 9.13 Å². The highest BCUT2D eigenvalue weighted by atomic mass is 32.1. The van der Waals surface area contributed by atoms with Gasteiger partial charge in [-0.05, 0) is 76.9 Å². The van der Waals surface area contributed by atoms with Crippen molar-refractivity contribution in [2.45, 2.75) is 5.41 Å². The first-order chi connectivity index (χ1) is 28.8. The van der Waals surface area contributed by atoms with Crippen molar-refractivity contribution < 1.29 is 0 Å². The molecular formula is C55H36N2S. The number of thiophene rings is 1. The number of rotatable bonds is 6. The summed E-state index contributed by atoms with van der Waals surface area (Å²) in [6.07, 6.45) is 0. The van der Waals surface area contributed by atoms with Crippen LogP contribution >= 0.6 is 11.3 Å². The number of hydrogen-bond acceptors (Lipinski definition) is 1. The lowest BCUT2D eigenvalue weighted by Crippen LogP contribution is -2.31. The molecule has 2 nitrogen and oxygen atoms in total. The van der Waals surface area contributed by atoms with Crippen molar-refractivity contribution >= 4 is 75.1 Å². The first-order valence-corrected chi connectivity index (χ1v) is 20.8. The van der Waals surface area contributed by atoms with Crippen LogP contribution in [0.25, 0.3) is 75.2 Å². The van der Waals surface area contributed by atoms with E-state index in [0.717, 1.165) is 11.4 Å². The second kappa shape index (κ2) is 12.9. The van der Waals surface area contributed by atoms with Crippen LogP contribution in [0.5, 0.6) is 0 Å². The van der Waals surface area contributed by atoms with E-state index in [9.17, 15) is 0 Å². The largest absolute Gasteiger partial charge is 0.309 e. The van der Waals surface area contributed by atoms with Gasteiger partial charge in [0.25, 0.3) is 0 Å². The van der Waals surface area contributed by atoms with Crippen molar-refractivity contribution in [3.8, 4) is 11.4 Å². The maximum atomic E-state index is 2.47. The van der Waals surface area contributed by atoms with Crippen LogP contribution in [0.3, 0.4) is 0 Å². The maximum Gasteiger partial charge on any atom is 0.0722 e. The standard InChI is InChI=1S/C55H36N2S/c1-4-17-37(18-5-1)55(38-19-6-2-7-20-38,48-27-16-26-45-42-23-10-14-29-50(42)57(54(45)48)40-21-8-3-9-22-40)39-31-33-41(34-32-39)56-49-28-13-11-24-43(49)46-35-47-44-25-12-15-30-52(44)58-53(47)36-51(46)56/h1-36H. The number of benzene rings is 9. The number of hydrogen-bond donors (Lipinski definition) is 0. The fourth-order valence-corrected chi connectivity index (χ4v) is 11.0. The third kappa shape index (κ3) is 4.71. The molecule has 0 saturated heterocycles. The van der Waals surface area contributed by atoms with Crippen LogP contribution in [0.15, 0.2) is 218 Å². The summed E-state index contributed by atoms with van der Waals surface area (Å²) in [4.78, 5) is 0. The van der Waals surface area contributed by atoms with E-state index in [1.807, 2.05) is 11.3 Å². The molecule has 0 amide bonds. The quantitative estimate of drug-likeness (QED) is 0.150. The SMILES string of the molecule is c1ccc(-n2c3ccccc3c3cccc(C(c4ccccc4)(c4ccccc4)c4ccc(-n5c6ccccc6c6cc7c(cc65)sc5ccccc57)cc4)c32)cc1. The Morgan fingerprint density at radius 1 is 0.310 bits per heavy atom. The van der Waals surface area contributed by atoms with Crippen LogP contribution in [0, 0.1) is 0 Å². The van der Waals surface area contributed by atoms with E-state index in [1.54, 1.807) is 0 Å². The normalized spacial score (nSPS) is 12.1. The summed E-state index contributed by atoms with van der Waals surface area (Å²) in [5.74, 6) is 0. The summed E-state index contributed by atoms with van der Waals surface area (Å²) < 4.78 is 7.56. The van der Waals surface area contributed by atoms with Crippen molar-refractivity contribution in [2.24, 2.45) is 0 Å². The van der Waals surface area contributed by atoms with Gasteiger partial charge in [-0.3, -0.25) is 0 Å². The van der Waals surface area contributed by atoms with Gasteiger partial charge in [0, 0.05) is 53.1 Å². The van der Waals surface area contributed by atoms with Gasteiger partial charge in [-0.2, -0.15) is 0 Å². The highest BCUT2D eigenvalue weighted by Crippen LogP contribution is 2.50. The first kappa shape index (κ1) is 33.0. The van der Waals surface area contributed by atoms with Gasteiger partial charge >= 0.3 is 0 Å². The Morgan fingerprint density at radius 3 is 1.52 bits per heavy atom. The van der Waals surface area contributed by atoms with E-state index in [4.69, 9.17) is 0 Å². The molecule has 0 spiro atoms. The minimum absolute atomic E-state index is 0.661. The van der Waals surface area contributed by atoms with Gasteiger partial charge in [0.2, 0.25) is 0 Å². The Morgan fingerprint density at radius 2 is 0.828 bits per heavy atom. The molecule has 12 aromatic rings. The van der Waals surface area contributed by atoms with Crippen molar-refractivity contribution in [1.82, 2.24) is 9.13 Å². The lowest BCUT2D eigenvalue weighted by molar-refractivity contribution is 0.748. The van der Waals surface area contributed by atoms with Gasteiger partial charge in [-0.15, -0.1) is 11.3 Å². The van der Waals surface area contributed by atoms with Crippen molar-refractivity contribution in [3.63, 3.8) is 0 Å². The molecule has 0 radical (unpaired) electrons. The van der Waals surface area contributed by atoms with Gasteiger partial charge in [0.15, 0.2) is 0 Å². The second-order valence-electron chi connectivity index (χ2n) is 15.2. The topological polar surface area (TPSA) is 9.86 Å². The lowest BCUT2D eigenvalue weighted by atomic mass is 9.64. The first-order valence-electron chi connectivity index (χ1n) is 19.9. The molecule has 0 atom stereocenters. The zero-order chi connectivity index (χ0) is 38.2. The fraction of sp³-hybridized carbons (Fsp3) is 0.0182. The summed E-state index contributed by atoms with van der Waals surface area (Å²) in [6, 6.07) is 80.6. The molecule has 272 valence electrons. The molecular weight excluding hydrogens is 721 g/mol. The zero-order valence-electron chi connectivity index (χ0n) is 31.6. The third-order valence-corrected chi connectivity index (χ3v) is 13.4. The van der Waals surface area contributed by atoms with E-state index >= 15 is 0 Å². The molecule has 3 heterocycles. The van der Waals surface area contributed by atoms with Crippen molar-refractivity contribution in [3.05, 3.63) is 241 Å². The second-order valence-corrected chi connectivity index (χ2v) is 16.3. The maximum absolute atomic E-state index is 2.47. The predicted octanol–water partition coefficient (Wildman–Crippen LogP) is 14.6. The molecule has 58 heavy (non-hydrogen) atoms. The van der Waals surface area contributed by atoms with E-state index in [-0.39, 0.29) is 0 Å². The molecule has 3 aromatic heterocycles. The molecule has 0 bridgehead atoms. The van der Waals surface area contributed by atoms with Crippen molar-refractivity contribution in [1.29, 1.82) is 0 Å². The van der Waals surface area contributed by atoms with Crippen LogP contribution in [0.4, 0.5) is 0 Å². The molecule has 0 aliphatic heterocycles. The van der Waals surface area contributed by atoms with Gasteiger partial charge in [0.05, 0.1) is 27.5 Å². The highest BCUT2D eigenvalue weighted by Gasteiger charge is 2.41. The smallest absolute Gasteiger partial charge is 0.0722 e. The lowest BCUT2D eigenvalue weighted by Gasteiger charge is -2.37. The Bertz CT molecular complexity index is 3440. The molecule has 0 aliphatic carbocycles. The number of aromatic nitrogens is 2. The Labute approximate surface area is 340 Å². The van der Waals surface area contributed by atoms with Gasteiger partial charge < -0.3 is 9.13 Å². The van der Waals surface area contributed by atoms with Crippen molar-refractivity contribution in [2.75, 3.05) is 0 Å². The van der Waals surface area contributed by atoms with Gasteiger partial charge in [-0.1, -0.05) is 164 Å². The monoisotopic (exact) mass is 756 g/mol. The Kier molecular flexibility index (Phi) is 7.35. The van der Waals surface area contributed by atoms with E-state index in [1.165, 1.54) is 86.0 Å². The Hall–Kier alpha value is -7.20. The van der Waals surface area contributed by atoms with Crippen LogP contribution in [-0.2, 0) is 5.41 Å². The average Bonchev–Trinajstić information content (AvgIpc) is 3.95. The van der Waals surface area contributed by atoms with Crippen LogP contribution in [0.1, 0.15) is 22.3 Å². The highest BCUT2D eigenvalue weighted by molar-refractivity contribution is 7.25. The molecule has 0 unspecified atom stereocenters. The molecule has 3 heteroatoms. The third-order valence-electron chi connectivity index (χ3n) is 12.3. The number of fused-ring (bicyclic) bond motifs is 9. The van der Waals surface area contributed by atoms with E-state index in [0.29, 0.717) is 0 Å². The molecule has 9 aromatic carbocycles. The number of para-hydroxylation sites is 4. The molecule has 0 aliphatic rings. The number of nitrogens with zero attached hydrogens (tertiary/aromatic N) is 2. The molecule has 0 saturated carbocycles. The summed E-state index contributed by atoms with van der Waals surface area (Å²) >= 11 is 1.88. The molecule has 0 N–H and O–H groups in total. The van der Waals surface area contributed by atoms with Gasteiger partial charge in [-0.25, -0.2) is 0 Å². The van der Waals surface area contributed by atoms with Gasteiger partial charge in [0.1, 0.15) is 0 Å². The Balaban J connectivity index is 1.16. The predicted molar refractivity (Wildman–Crippen MR) is 246 cm³/mol.